The highest BCUT2D eigenvalue weighted by atomic mass is 16.1. The molecule has 0 saturated heterocycles. The van der Waals surface area contributed by atoms with Crippen LogP contribution in [0.2, 0.25) is 0 Å². The van der Waals surface area contributed by atoms with E-state index in [1.807, 2.05) is 26.0 Å². The first-order valence-corrected chi connectivity index (χ1v) is 5.50. The number of unbranched alkanes of at least 4 members (excludes halogenated alkanes) is 1. The van der Waals surface area contributed by atoms with Gasteiger partial charge in [0, 0.05) is 12.1 Å². The number of benzene rings is 1. The summed E-state index contributed by atoms with van der Waals surface area (Å²) >= 11 is 0. The van der Waals surface area contributed by atoms with Crippen LogP contribution >= 0.6 is 0 Å². The van der Waals surface area contributed by atoms with E-state index in [4.69, 9.17) is 0 Å². The molecule has 0 unspecified atom stereocenters. The lowest BCUT2D eigenvalue weighted by Gasteiger charge is -2.06. The van der Waals surface area contributed by atoms with Gasteiger partial charge in [-0.1, -0.05) is 19.4 Å². The Balaban J connectivity index is 2.60. The molecule has 0 spiro atoms. The van der Waals surface area contributed by atoms with Crippen molar-refractivity contribution >= 4 is 11.6 Å². The number of carbonyl (C=O) groups excluding carboxylic acids is 1. The number of aryl methyl sites for hydroxylation is 2. The highest BCUT2D eigenvalue weighted by molar-refractivity contribution is 5.90. The molecule has 0 aliphatic heterocycles. The van der Waals surface area contributed by atoms with E-state index in [9.17, 15) is 4.79 Å². The summed E-state index contributed by atoms with van der Waals surface area (Å²) in [7, 11) is 0. The molecule has 0 aliphatic carbocycles. The minimum Gasteiger partial charge on any atom is -0.326 e. The van der Waals surface area contributed by atoms with Gasteiger partial charge in [-0.15, -0.1) is 0 Å². The Labute approximate surface area is 91.7 Å². The maximum Gasteiger partial charge on any atom is 0.224 e. The molecular formula is C13H19NO. The van der Waals surface area contributed by atoms with Crippen LogP contribution < -0.4 is 5.32 Å². The van der Waals surface area contributed by atoms with E-state index in [-0.39, 0.29) is 5.91 Å². The summed E-state index contributed by atoms with van der Waals surface area (Å²) in [5.74, 6) is 0.113. The van der Waals surface area contributed by atoms with Crippen LogP contribution in [-0.4, -0.2) is 5.91 Å². The quantitative estimate of drug-likeness (QED) is 0.801. The normalized spacial score (nSPS) is 10.1. The van der Waals surface area contributed by atoms with Gasteiger partial charge in [-0.2, -0.15) is 0 Å². The van der Waals surface area contributed by atoms with Crippen LogP contribution in [0.25, 0.3) is 0 Å². The molecule has 2 heteroatoms. The molecule has 1 rings (SSSR count). The minimum atomic E-state index is 0.113. The predicted octanol–water partition coefficient (Wildman–Crippen LogP) is 3.43. The fourth-order valence-corrected chi connectivity index (χ4v) is 1.61. The first kappa shape index (κ1) is 11.8. The summed E-state index contributed by atoms with van der Waals surface area (Å²) in [5, 5.41) is 2.92. The van der Waals surface area contributed by atoms with E-state index in [2.05, 4.69) is 18.3 Å². The molecule has 0 saturated carbocycles. The van der Waals surface area contributed by atoms with Crippen molar-refractivity contribution in [2.24, 2.45) is 0 Å². The van der Waals surface area contributed by atoms with Gasteiger partial charge in [-0.05, 0) is 43.5 Å². The van der Waals surface area contributed by atoms with Gasteiger partial charge in [0.1, 0.15) is 0 Å². The highest BCUT2D eigenvalue weighted by Gasteiger charge is 2.02. The van der Waals surface area contributed by atoms with Crippen molar-refractivity contribution in [3.05, 3.63) is 29.3 Å². The average Bonchev–Trinajstić information content (AvgIpc) is 2.13. The molecule has 0 fully saturated rings. The first-order chi connectivity index (χ1) is 7.11. The van der Waals surface area contributed by atoms with Crippen molar-refractivity contribution in [2.75, 3.05) is 5.32 Å². The van der Waals surface area contributed by atoms with Crippen molar-refractivity contribution < 1.29 is 4.79 Å². The minimum absolute atomic E-state index is 0.113. The van der Waals surface area contributed by atoms with E-state index in [1.54, 1.807) is 0 Å². The monoisotopic (exact) mass is 205 g/mol. The molecule has 0 aromatic heterocycles. The Kier molecular flexibility index (Phi) is 4.35. The van der Waals surface area contributed by atoms with Gasteiger partial charge in [-0.3, -0.25) is 4.79 Å². The van der Waals surface area contributed by atoms with Crippen molar-refractivity contribution in [1.29, 1.82) is 0 Å². The molecule has 1 N–H and O–H groups in total. The van der Waals surface area contributed by atoms with Crippen LogP contribution in [-0.2, 0) is 4.79 Å². The van der Waals surface area contributed by atoms with Crippen molar-refractivity contribution in [2.45, 2.75) is 40.0 Å². The summed E-state index contributed by atoms with van der Waals surface area (Å²) < 4.78 is 0. The molecule has 15 heavy (non-hydrogen) atoms. The van der Waals surface area contributed by atoms with Crippen molar-refractivity contribution in [1.82, 2.24) is 0 Å². The second-order valence-electron chi connectivity index (χ2n) is 4.03. The summed E-state index contributed by atoms with van der Waals surface area (Å²) in [6.07, 6.45) is 2.63. The SMILES string of the molecule is CCCCC(=O)Nc1cc(C)cc(C)c1. The highest BCUT2D eigenvalue weighted by Crippen LogP contribution is 2.14. The van der Waals surface area contributed by atoms with Gasteiger partial charge < -0.3 is 5.32 Å². The lowest BCUT2D eigenvalue weighted by Crippen LogP contribution is -2.11. The molecule has 0 radical (unpaired) electrons. The van der Waals surface area contributed by atoms with Gasteiger partial charge in [0.05, 0.1) is 0 Å². The molecule has 0 heterocycles. The summed E-state index contributed by atoms with van der Waals surface area (Å²) in [5.41, 5.74) is 3.27. The van der Waals surface area contributed by atoms with Crippen LogP contribution in [0.1, 0.15) is 37.3 Å². The Morgan fingerprint density at radius 2 is 1.80 bits per heavy atom. The molecule has 0 atom stereocenters. The molecule has 82 valence electrons. The van der Waals surface area contributed by atoms with Gasteiger partial charge in [0.15, 0.2) is 0 Å². The Morgan fingerprint density at radius 1 is 1.20 bits per heavy atom. The van der Waals surface area contributed by atoms with E-state index in [1.165, 1.54) is 11.1 Å². The lowest BCUT2D eigenvalue weighted by molar-refractivity contribution is -0.116. The fraction of sp³-hybridized carbons (Fsp3) is 0.462. The van der Waals surface area contributed by atoms with E-state index in [0.29, 0.717) is 6.42 Å². The topological polar surface area (TPSA) is 29.1 Å². The number of hydrogen-bond acceptors (Lipinski definition) is 1. The van der Waals surface area contributed by atoms with Crippen LogP contribution in [0.15, 0.2) is 18.2 Å². The van der Waals surface area contributed by atoms with Gasteiger partial charge in [0.2, 0.25) is 5.91 Å². The fourth-order valence-electron chi connectivity index (χ4n) is 1.61. The third kappa shape index (κ3) is 4.15. The Hall–Kier alpha value is -1.31. The predicted molar refractivity (Wildman–Crippen MR) is 64.1 cm³/mol. The smallest absolute Gasteiger partial charge is 0.224 e. The molecule has 1 aromatic carbocycles. The lowest BCUT2D eigenvalue weighted by atomic mass is 10.1. The standard InChI is InChI=1S/C13H19NO/c1-4-5-6-13(15)14-12-8-10(2)7-11(3)9-12/h7-9H,4-6H2,1-3H3,(H,14,15). The molecule has 1 amide bonds. The zero-order valence-corrected chi connectivity index (χ0v) is 9.76. The van der Waals surface area contributed by atoms with E-state index < -0.39 is 0 Å². The maximum absolute atomic E-state index is 11.5. The first-order valence-electron chi connectivity index (χ1n) is 5.50. The van der Waals surface area contributed by atoms with Gasteiger partial charge in [0.25, 0.3) is 0 Å². The largest absolute Gasteiger partial charge is 0.326 e. The number of carbonyl (C=O) groups is 1. The van der Waals surface area contributed by atoms with Gasteiger partial charge >= 0.3 is 0 Å². The van der Waals surface area contributed by atoms with E-state index in [0.717, 1.165) is 18.5 Å². The summed E-state index contributed by atoms with van der Waals surface area (Å²) in [6.45, 7) is 6.16. The number of amides is 1. The molecular weight excluding hydrogens is 186 g/mol. The van der Waals surface area contributed by atoms with E-state index >= 15 is 0 Å². The zero-order chi connectivity index (χ0) is 11.3. The third-order valence-corrected chi connectivity index (χ3v) is 2.26. The number of anilines is 1. The second-order valence-corrected chi connectivity index (χ2v) is 4.03. The Morgan fingerprint density at radius 3 is 2.33 bits per heavy atom. The number of rotatable bonds is 4. The molecule has 1 aromatic rings. The second kappa shape index (κ2) is 5.54. The molecule has 0 bridgehead atoms. The van der Waals surface area contributed by atoms with Crippen LogP contribution in [0.3, 0.4) is 0 Å². The number of hydrogen-bond donors (Lipinski definition) is 1. The van der Waals surface area contributed by atoms with Crippen molar-refractivity contribution in [3.63, 3.8) is 0 Å². The average molecular weight is 205 g/mol. The number of nitrogens with one attached hydrogen (secondary N) is 1. The molecule has 0 aliphatic rings. The molecule has 2 nitrogen and oxygen atoms in total. The summed E-state index contributed by atoms with van der Waals surface area (Å²) in [6, 6.07) is 6.09. The maximum atomic E-state index is 11.5. The van der Waals surface area contributed by atoms with Crippen LogP contribution in [0.5, 0.6) is 0 Å². The zero-order valence-electron chi connectivity index (χ0n) is 9.76. The summed E-state index contributed by atoms with van der Waals surface area (Å²) in [4.78, 5) is 11.5. The van der Waals surface area contributed by atoms with Crippen LogP contribution in [0.4, 0.5) is 5.69 Å². The van der Waals surface area contributed by atoms with Gasteiger partial charge in [-0.25, -0.2) is 0 Å². The third-order valence-electron chi connectivity index (χ3n) is 2.26. The van der Waals surface area contributed by atoms with Crippen LogP contribution in [0, 0.1) is 13.8 Å². The Bertz CT molecular complexity index is 324. The van der Waals surface area contributed by atoms with Crippen molar-refractivity contribution in [3.8, 4) is 0 Å².